The van der Waals surface area contributed by atoms with E-state index in [1.165, 1.54) is 24.3 Å². The van der Waals surface area contributed by atoms with Crippen molar-refractivity contribution in [2.45, 2.75) is 134 Å². The van der Waals surface area contributed by atoms with E-state index in [1.54, 1.807) is 27.7 Å². The van der Waals surface area contributed by atoms with Gasteiger partial charge in [-0.05, 0) is 61.6 Å². The summed E-state index contributed by atoms with van der Waals surface area (Å²) in [6.45, 7) is 5.67. The second kappa shape index (κ2) is 26.8. The highest BCUT2D eigenvalue weighted by Gasteiger charge is 2.40. The molecule has 1 aromatic rings. The van der Waals surface area contributed by atoms with E-state index in [1.807, 2.05) is 0 Å². The molecule has 14 N–H and O–H groups in total. The molecule has 2 fully saturated rings. The first-order valence-electron chi connectivity index (χ1n) is 23.0. The van der Waals surface area contributed by atoms with Crippen LogP contribution < -0.4 is 54.4 Å². The van der Waals surface area contributed by atoms with Crippen molar-refractivity contribution in [3.63, 3.8) is 0 Å². The van der Waals surface area contributed by atoms with Crippen LogP contribution in [0.5, 0.6) is 5.75 Å². The van der Waals surface area contributed by atoms with Gasteiger partial charge < -0.3 is 64.4 Å². The van der Waals surface area contributed by atoms with Crippen molar-refractivity contribution < 1.29 is 66.3 Å². The molecule has 0 unspecified atom stereocenters. The smallest absolute Gasteiger partial charge is 0.245 e. The molecule has 7 atom stereocenters. The highest BCUT2D eigenvalue weighted by molar-refractivity contribution is 7.91. The Kier molecular flexibility index (Phi) is 22.0. The van der Waals surface area contributed by atoms with Gasteiger partial charge in [0.1, 0.15) is 42.0 Å². The fraction of sp³-hybridized carbons (Fsp3) is 0.614. The predicted molar refractivity (Wildman–Crippen MR) is 249 cm³/mol. The molecular weight excluding hydrogens is 939 g/mol. The molecule has 1 saturated heterocycles. The van der Waals surface area contributed by atoms with Gasteiger partial charge in [0.25, 0.3) is 0 Å². The van der Waals surface area contributed by atoms with Crippen molar-refractivity contribution in [2.24, 2.45) is 29.0 Å². The van der Waals surface area contributed by atoms with Gasteiger partial charge in [-0.1, -0.05) is 46.2 Å². The normalized spacial score (nSPS) is 22.6. The summed E-state index contributed by atoms with van der Waals surface area (Å²) >= 11 is 0. The molecule has 0 aromatic heterocycles. The number of nitrogens with zero attached hydrogens (tertiary/aromatic N) is 1. The third-order valence-corrected chi connectivity index (χ3v) is 13.2. The quantitative estimate of drug-likeness (QED) is 0.0628. The van der Waals surface area contributed by atoms with Crippen molar-refractivity contribution in [1.29, 1.82) is 0 Å². The number of nitrogens with two attached hydrogens (primary N) is 3. The summed E-state index contributed by atoms with van der Waals surface area (Å²) in [6, 6.07) is -4.20. The first-order chi connectivity index (χ1) is 32.8. The summed E-state index contributed by atoms with van der Waals surface area (Å²) in [7, 11) is -4.28. The minimum Gasteiger partial charge on any atom is -0.508 e. The number of primary amides is 3. The number of hydrogen-bond acceptors (Lipinski definition) is 14. The van der Waals surface area contributed by atoms with Crippen molar-refractivity contribution in [2.75, 3.05) is 24.6 Å². The Hall–Kier alpha value is -6.86. The zero-order valence-electron chi connectivity index (χ0n) is 39.7. The number of aromatic hydroxyl groups is 1. The Morgan fingerprint density at radius 3 is 1.96 bits per heavy atom. The van der Waals surface area contributed by atoms with Crippen LogP contribution in [0, 0.1) is 11.8 Å². The molecule has 0 spiro atoms. The van der Waals surface area contributed by atoms with Crippen LogP contribution in [-0.4, -0.2) is 150 Å². The second-order valence-corrected chi connectivity index (χ2v) is 20.3. The van der Waals surface area contributed by atoms with Gasteiger partial charge in [0, 0.05) is 25.3 Å². The molecule has 1 aromatic carbocycles. The van der Waals surface area contributed by atoms with E-state index in [4.69, 9.17) is 17.2 Å². The third kappa shape index (κ3) is 19.6. The average molecular weight is 1010 g/mol. The fourth-order valence-corrected chi connectivity index (χ4v) is 8.64. The molecule has 2 aliphatic rings. The van der Waals surface area contributed by atoms with Gasteiger partial charge in [0.2, 0.25) is 65.0 Å². The molecule has 1 aliphatic heterocycles. The summed E-state index contributed by atoms with van der Waals surface area (Å²) in [5.41, 5.74) is 16.5. The Balaban J connectivity index is 2.09. The molecule has 70 heavy (non-hydrogen) atoms. The number of sulfone groups is 1. The monoisotopic (exact) mass is 1010 g/mol. The van der Waals surface area contributed by atoms with Crippen molar-refractivity contribution in [3.8, 4) is 5.75 Å². The molecule has 1 saturated carbocycles. The first-order valence-corrected chi connectivity index (χ1v) is 24.8. The van der Waals surface area contributed by atoms with Crippen LogP contribution in [0.2, 0.25) is 0 Å². The Bertz CT molecular complexity index is 2220. The summed E-state index contributed by atoms with van der Waals surface area (Å²) in [4.78, 5) is 147. The SMILES string of the molecule is CC[C@H](C)[C@@H]1NC(=O)[C@H](Cc2ccc(O)cc2)NC(=O)CCS(=O)(=O)CC[C@@H](C(=O)N(CC(=O)N[C@@H](CC(C)C)C(=O)NCC(N)=O)C2CC2)NC(=O)[C@H](CC(N)=O)NC(=O)[C@H](CCC(N)=O)NC1=O. The van der Waals surface area contributed by atoms with Gasteiger partial charge in [0.15, 0.2) is 9.84 Å². The summed E-state index contributed by atoms with van der Waals surface area (Å²) in [5.74, 6) is -12.9. The van der Waals surface area contributed by atoms with Crippen molar-refractivity contribution in [1.82, 2.24) is 42.1 Å². The number of nitrogens with one attached hydrogen (secondary N) is 7. The molecular formula is C44H67N11O14S. The molecule has 0 radical (unpaired) electrons. The Morgan fingerprint density at radius 1 is 0.771 bits per heavy atom. The molecule has 1 aliphatic carbocycles. The molecule has 1 heterocycles. The lowest BCUT2D eigenvalue weighted by Crippen LogP contribution is -2.61. The number of amides is 11. The second-order valence-electron chi connectivity index (χ2n) is 18.0. The van der Waals surface area contributed by atoms with Crippen molar-refractivity contribution in [3.05, 3.63) is 29.8 Å². The van der Waals surface area contributed by atoms with Crippen LogP contribution in [0.25, 0.3) is 0 Å². The van der Waals surface area contributed by atoms with Gasteiger partial charge in [0.05, 0.1) is 31.0 Å². The summed E-state index contributed by atoms with van der Waals surface area (Å²) < 4.78 is 27.2. The number of hydrogen-bond donors (Lipinski definition) is 11. The van der Waals surface area contributed by atoms with Gasteiger partial charge >= 0.3 is 0 Å². The number of rotatable bonds is 19. The van der Waals surface area contributed by atoms with E-state index in [0.717, 1.165) is 4.90 Å². The largest absolute Gasteiger partial charge is 0.508 e. The lowest BCUT2D eigenvalue weighted by molar-refractivity contribution is -0.141. The van der Waals surface area contributed by atoms with E-state index in [0.29, 0.717) is 24.8 Å². The number of benzene rings is 1. The molecule has 388 valence electrons. The number of phenols is 1. The zero-order chi connectivity index (χ0) is 52.5. The first kappa shape index (κ1) is 57.5. The van der Waals surface area contributed by atoms with Crippen LogP contribution in [0.1, 0.15) is 91.0 Å². The Labute approximate surface area is 405 Å². The number of phenolic OH excluding ortho intramolecular Hbond substituents is 1. The van der Waals surface area contributed by atoms with Gasteiger partial charge in [-0.2, -0.15) is 0 Å². The minimum absolute atomic E-state index is 0.0897. The van der Waals surface area contributed by atoms with Crippen LogP contribution in [0.4, 0.5) is 0 Å². The standard InChI is InChI=1S/C44H67N11O14S/c1-5-24(4)38-43(66)51-28(12-13-33(45)57)40(63)53-32(20-34(46)58)41(64)52-29(44(67)55(26-8-9-26)22-37(61)50-30(18-23(2)3)39(62)48-21-35(47)59)14-16-70(68,69)17-15-36(60)49-31(42(65)54-38)19-25-6-10-27(56)11-7-25/h6-7,10-11,23-24,26,28-32,38,56H,5,8-9,12-22H2,1-4H3,(H2,45,57)(H2,46,58)(H2,47,59)(H,48,62)(H,49,60)(H,50,61)(H,51,66)(H,52,64)(H,53,63)(H,54,65)/t24-,28-,29-,30-,31-,32-,38-/m0/s1. The maximum atomic E-state index is 14.5. The maximum absolute atomic E-state index is 14.5. The fourth-order valence-electron chi connectivity index (χ4n) is 7.34. The zero-order valence-corrected chi connectivity index (χ0v) is 40.6. The molecule has 25 nitrogen and oxygen atoms in total. The Morgan fingerprint density at radius 2 is 1.39 bits per heavy atom. The maximum Gasteiger partial charge on any atom is 0.245 e. The van der Waals surface area contributed by atoms with E-state index in [9.17, 15) is 66.3 Å². The average Bonchev–Trinajstić information content (AvgIpc) is 4.13. The molecule has 0 bridgehead atoms. The number of carbonyl (C=O) groups is 11. The predicted octanol–water partition coefficient (Wildman–Crippen LogP) is -4.12. The molecule has 11 amide bonds. The lowest BCUT2D eigenvalue weighted by atomic mass is 9.96. The highest BCUT2D eigenvalue weighted by atomic mass is 32.2. The van der Waals surface area contributed by atoms with E-state index < -0.39 is 180 Å². The van der Waals surface area contributed by atoms with Gasteiger partial charge in [-0.25, -0.2) is 8.42 Å². The molecule has 3 rings (SSSR count). The summed E-state index contributed by atoms with van der Waals surface area (Å²) in [6.07, 6.45) is -2.15. The van der Waals surface area contributed by atoms with Crippen LogP contribution in [-0.2, 0) is 69.0 Å². The lowest BCUT2D eigenvalue weighted by Gasteiger charge is -2.30. The third-order valence-electron chi connectivity index (χ3n) is 11.5. The van der Waals surface area contributed by atoms with E-state index in [-0.39, 0.29) is 24.5 Å². The van der Waals surface area contributed by atoms with Crippen LogP contribution >= 0.6 is 0 Å². The van der Waals surface area contributed by atoms with Crippen LogP contribution in [0.3, 0.4) is 0 Å². The minimum atomic E-state index is -4.28. The highest BCUT2D eigenvalue weighted by Crippen LogP contribution is 2.28. The van der Waals surface area contributed by atoms with E-state index >= 15 is 0 Å². The van der Waals surface area contributed by atoms with E-state index in [2.05, 4.69) is 37.2 Å². The van der Waals surface area contributed by atoms with Gasteiger partial charge in [-0.3, -0.25) is 52.7 Å². The molecule has 26 heteroatoms. The topological polar surface area (TPSA) is 408 Å². The van der Waals surface area contributed by atoms with Gasteiger partial charge in [-0.15, -0.1) is 0 Å². The van der Waals surface area contributed by atoms with Crippen LogP contribution in [0.15, 0.2) is 24.3 Å². The summed E-state index contributed by atoms with van der Waals surface area (Å²) in [5, 5.41) is 27.0. The van der Waals surface area contributed by atoms with Crippen molar-refractivity contribution >= 4 is 74.8 Å². The number of carbonyl (C=O) groups excluding carboxylic acids is 11.